The van der Waals surface area contributed by atoms with E-state index in [0.29, 0.717) is 24.9 Å². The summed E-state index contributed by atoms with van der Waals surface area (Å²) in [6, 6.07) is 0.419. The van der Waals surface area contributed by atoms with E-state index in [4.69, 9.17) is 9.90 Å². The maximum absolute atomic E-state index is 12.4. The zero-order chi connectivity index (χ0) is 22.5. The Morgan fingerprint density at radius 2 is 2.10 bits per heavy atom. The van der Waals surface area contributed by atoms with Crippen LogP contribution in [0.5, 0.6) is 0 Å². The molecule has 1 aromatic rings. The predicted octanol–water partition coefficient (Wildman–Crippen LogP) is 2.98. The molecular formula is C20H29F3N4O3. The molecule has 0 radical (unpaired) electrons. The van der Waals surface area contributed by atoms with E-state index >= 15 is 0 Å². The monoisotopic (exact) mass is 430 g/mol. The molecule has 10 heteroatoms. The minimum atomic E-state index is -5.08. The average molecular weight is 430 g/mol. The van der Waals surface area contributed by atoms with Crippen LogP contribution in [0, 0.1) is 0 Å². The molecule has 2 fully saturated rings. The summed E-state index contributed by atoms with van der Waals surface area (Å²) in [6.45, 7) is 8.81. The number of carboxylic acids is 1. The Bertz CT molecular complexity index is 765. The number of aromatic nitrogens is 2. The lowest BCUT2D eigenvalue weighted by Gasteiger charge is -2.52. The molecule has 3 heterocycles. The number of piperidine rings is 1. The van der Waals surface area contributed by atoms with Crippen LogP contribution < -0.4 is 0 Å². The lowest BCUT2D eigenvalue weighted by Crippen LogP contribution is -2.62. The third kappa shape index (κ3) is 5.21. The van der Waals surface area contributed by atoms with Gasteiger partial charge in [0.25, 0.3) is 0 Å². The summed E-state index contributed by atoms with van der Waals surface area (Å²) in [5.74, 6) is -2.46. The summed E-state index contributed by atoms with van der Waals surface area (Å²) in [6.07, 6.45) is 5.85. The second kappa shape index (κ2) is 9.63. The molecule has 0 aromatic carbocycles. The molecule has 7 nitrogen and oxygen atoms in total. The van der Waals surface area contributed by atoms with Crippen molar-refractivity contribution in [2.45, 2.75) is 63.3 Å². The van der Waals surface area contributed by atoms with Crippen molar-refractivity contribution in [1.82, 2.24) is 19.6 Å². The van der Waals surface area contributed by atoms with Crippen molar-refractivity contribution in [3.05, 3.63) is 30.6 Å². The Morgan fingerprint density at radius 1 is 1.43 bits per heavy atom. The molecule has 2 saturated heterocycles. The summed E-state index contributed by atoms with van der Waals surface area (Å²) in [5.41, 5.74) is 1.25. The second-order valence-electron chi connectivity index (χ2n) is 7.72. The number of amides is 1. The number of hydrogen-bond donors (Lipinski definition) is 1. The number of carboxylic acid groups (broad SMARTS) is 1. The number of carbonyl (C=O) groups is 2. The van der Waals surface area contributed by atoms with Gasteiger partial charge in [-0.15, -0.1) is 6.58 Å². The predicted molar refractivity (Wildman–Crippen MR) is 104 cm³/mol. The molecule has 168 valence electrons. The minimum Gasteiger partial charge on any atom is -0.475 e. The normalized spacial score (nSPS) is 24.6. The van der Waals surface area contributed by atoms with Gasteiger partial charge in [-0.25, -0.2) is 4.79 Å². The molecule has 0 unspecified atom stereocenters. The van der Waals surface area contributed by atoms with Crippen LogP contribution in [-0.4, -0.2) is 67.4 Å². The van der Waals surface area contributed by atoms with E-state index < -0.39 is 12.1 Å². The lowest BCUT2D eigenvalue weighted by atomic mass is 9.77. The molecule has 2 aliphatic heterocycles. The van der Waals surface area contributed by atoms with Crippen LogP contribution in [0.15, 0.2) is 25.0 Å². The van der Waals surface area contributed by atoms with Crippen molar-refractivity contribution >= 4 is 11.9 Å². The van der Waals surface area contributed by atoms with Gasteiger partial charge in [0.15, 0.2) is 0 Å². The fraction of sp³-hybridized carbons (Fsp3) is 0.650. The SMILES string of the molecule is C=CCN1C(=O)CC[C@@]12CCCN(Cc1cnn(C)c1)[C@H]2CC.O=C(O)C(F)(F)F. The minimum absolute atomic E-state index is 0.000478. The number of aryl methyl sites for hydroxylation is 1. The van der Waals surface area contributed by atoms with Crippen LogP contribution >= 0.6 is 0 Å². The van der Waals surface area contributed by atoms with E-state index in [1.165, 1.54) is 5.56 Å². The molecular weight excluding hydrogens is 401 g/mol. The van der Waals surface area contributed by atoms with Crippen molar-refractivity contribution in [2.75, 3.05) is 13.1 Å². The van der Waals surface area contributed by atoms with E-state index in [-0.39, 0.29) is 5.54 Å². The molecule has 1 aromatic heterocycles. The third-order valence-corrected chi connectivity index (χ3v) is 5.81. The summed E-state index contributed by atoms with van der Waals surface area (Å²) in [5, 5.41) is 11.4. The van der Waals surface area contributed by atoms with Gasteiger partial charge in [-0.1, -0.05) is 13.0 Å². The number of carbonyl (C=O) groups excluding carboxylic acids is 1. The molecule has 1 amide bonds. The largest absolute Gasteiger partial charge is 0.490 e. The van der Waals surface area contributed by atoms with Crippen LogP contribution in [0.1, 0.15) is 44.6 Å². The fourth-order valence-corrected chi connectivity index (χ4v) is 4.73. The maximum Gasteiger partial charge on any atom is 0.490 e. The molecule has 1 N–H and O–H groups in total. The molecule has 3 rings (SSSR count). The zero-order valence-electron chi connectivity index (χ0n) is 17.4. The van der Waals surface area contributed by atoms with Crippen molar-refractivity contribution in [1.29, 1.82) is 0 Å². The smallest absolute Gasteiger partial charge is 0.475 e. The van der Waals surface area contributed by atoms with E-state index in [2.05, 4.69) is 34.6 Å². The van der Waals surface area contributed by atoms with Crippen LogP contribution in [0.4, 0.5) is 13.2 Å². The Morgan fingerprint density at radius 3 is 2.60 bits per heavy atom. The van der Waals surface area contributed by atoms with E-state index in [1.807, 2.05) is 24.0 Å². The zero-order valence-corrected chi connectivity index (χ0v) is 17.4. The Labute approximate surface area is 174 Å². The molecule has 2 aliphatic rings. The number of rotatable bonds is 5. The van der Waals surface area contributed by atoms with Gasteiger partial charge in [0.1, 0.15) is 0 Å². The summed E-state index contributed by atoms with van der Waals surface area (Å²) in [7, 11) is 1.96. The van der Waals surface area contributed by atoms with Crippen molar-refractivity contribution in [2.24, 2.45) is 7.05 Å². The Balaban J connectivity index is 0.000000396. The molecule has 2 atom stereocenters. The van der Waals surface area contributed by atoms with Gasteiger partial charge < -0.3 is 10.0 Å². The first-order chi connectivity index (χ1) is 14.0. The molecule has 0 aliphatic carbocycles. The van der Waals surface area contributed by atoms with Gasteiger partial charge in [-0.3, -0.25) is 14.4 Å². The number of nitrogens with zero attached hydrogens (tertiary/aromatic N) is 4. The number of hydrogen-bond acceptors (Lipinski definition) is 4. The van der Waals surface area contributed by atoms with E-state index in [1.54, 1.807) is 0 Å². The molecule has 0 saturated carbocycles. The quantitative estimate of drug-likeness (QED) is 0.727. The van der Waals surface area contributed by atoms with Gasteiger partial charge in [0.2, 0.25) is 5.91 Å². The highest BCUT2D eigenvalue weighted by Crippen LogP contribution is 2.43. The molecule has 1 spiro atoms. The number of halogens is 3. The van der Waals surface area contributed by atoms with Gasteiger partial charge >= 0.3 is 12.1 Å². The first kappa shape index (κ1) is 23.9. The molecule has 30 heavy (non-hydrogen) atoms. The van der Waals surface area contributed by atoms with Crippen LogP contribution in [0.25, 0.3) is 0 Å². The van der Waals surface area contributed by atoms with E-state index in [9.17, 15) is 18.0 Å². The number of likely N-dealkylation sites (tertiary alicyclic amines) is 2. The van der Waals surface area contributed by atoms with E-state index in [0.717, 1.165) is 38.8 Å². The van der Waals surface area contributed by atoms with Gasteiger partial charge in [0, 0.05) is 44.4 Å². The van der Waals surface area contributed by atoms with Gasteiger partial charge in [-0.05, 0) is 32.2 Å². The second-order valence-corrected chi connectivity index (χ2v) is 7.72. The molecule has 0 bridgehead atoms. The highest BCUT2D eigenvalue weighted by atomic mass is 19.4. The van der Waals surface area contributed by atoms with Crippen molar-refractivity contribution < 1.29 is 27.9 Å². The highest BCUT2D eigenvalue weighted by Gasteiger charge is 2.52. The number of aliphatic carboxylic acids is 1. The van der Waals surface area contributed by atoms with Crippen molar-refractivity contribution in [3.8, 4) is 0 Å². The fourth-order valence-electron chi connectivity index (χ4n) is 4.73. The third-order valence-electron chi connectivity index (χ3n) is 5.81. The Hall–Kier alpha value is -2.36. The lowest BCUT2D eigenvalue weighted by molar-refractivity contribution is -0.192. The van der Waals surface area contributed by atoms with Crippen molar-refractivity contribution in [3.63, 3.8) is 0 Å². The topological polar surface area (TPSA) is 78.7 Å². The van der Waals surface area contributed by atoms with Gasteiger partial charge in [-0.2, -0.15) is 18.3 Å². The summed E-state index contributed by atoms with van der Waals surface area (Å²) < 4.78 is 33.6. The standard InChI is InChI=1S/C18H28N4O.C2HF3O2/c1-4-10-22-17(23)7-9-18(22)8-6-11-21(16(18)5-2)14-15-12-19-20(3)13-15;3-2(4,5)1(6)7/h4,12-13,16H,1,5-11,14H2,2-3H3;(H,6,7)/t16-,18+;/m0./s1. The highest BCUT2D eigenvalue weighted by molar-refractivity contribution is 5.80. The average Bonchev–Trinajstić information content (AvgIpc) is 3.21. The van der Waals surface area contributed by atoms with Crippen LogP contribution in [-0.2, 0) is 23.2 Å². The Kier molecular flexibility index (Phi) is 7.68. The van der Waals surface area contributed by atoms with Crippen LogP contribution in [0.3, 0.4) is 0 Å². The summed E-state index contributed by atoms with van der Waals surface area (Å²) in [4.78, 5) is 26.0. The van der Waals surface area contributed by atoms with Crippen LogP contribution in [0.2, 0.25) is 0 Å². The summed E-state index contributed by atoms with van der Waals surface area (Å²) >= 11 is 0. The first-order valence-corrected chi connectivity index (χ1v) is 9.98. The van der Waals surface area contributed by atoms with Gasteiger partial charge in [0.05, 0.1) is 11.7 Å². The number of alkyl halides is 3. The maximum atomic E-state index is 12.4. The first-order valence-electron chi connectivity index (χ1n) is 9.98.